The number of morpholine rings is 1. The molecular weight excluding hydrogens is 374 g/mol. The molecule has 168 valence electrons. The Bertz CT molecular complexity index is 663. The van der Waals surface area contributed by atoms with E-state index >= 15 is 0 Å². The molecule has 6 heteroatoms. The van der Waals surface area contributed by atoms with E-state index in [-0.39, 0.29) is 6.04 Å². The van der Waals surface area contributed by atoms with Gasteiger partial charge in [0.2, 0.25) is 0 Å². The highest BCUT2D eigenvalue weighted by Crippen LogP contribution is 2.24. The Morgan fingerprint density at radius 1 is 1.20 bits per heavy atom. The monoisotopic (exact) mass is 415 g/mol. The average Bonchev–Trinajstić information content (AvgIpc) is 3.25. The molecule has 2 fully saturated rings. The van der Waals surface area contributed by atoms with Crippen LogP contribution in [0.4, 0.5) is 5.69 Å². The first kappa shape index (κ1) is 22.9. The van der Waals surface area contributed by atoms with E-state index in [1.807, 2.05) is 0 Å². The molecule has 2 aliphatic rings. The second kappa shape index (κ2) is 11.6. The zero-order chi connectivity index (χ0) is 21.3. The summed E-state index contributed by atoms with van der Waals surface area (Å²) in [6, 6.07) is 9.16. The second-order valence-corrected chi connectivity index (χ2v) is 8.79. The van der Waals surface area contributed by atoms with Gasteiger partial charge in [-0.15, -0.1) is 0 Å². The van der Waals surface area contributed by atoms with Gasteiger partial charge in [-0.25, -0.2) is 0 Å². The summed E-state index contributed by atoms with van der Waals surface area (Å²) in [5.41, 5.74) is 2.65. The normalized spacial score (nSPS) is 24.1. The Morgan fingerprint density at radius 3 is 2.63 bits per heavy atom. The van der Waals surface area contributed by atoms with Gasteiger partial charge in [-0.2, -0.15) is 0 Å². The van der Waals surface area contributed by atoms with Crippen LogP contribution in [0.2, 0.25) is 0 Å². The second-order valence-electron chi connectivity index (χ2n) is 8.79. The first-order valence-corrected chi connectivity index (χ1v) is 11.8. The summed E-state index contributed by atoms with van der Waals surface area (Å²) in [5, 5.41) is 6.99. The van der Waals surface area contributed by atoms with Gasteiger partial charge in [-0.05, 0) is 64.7 Å². The Labute approximate surface area is 183 Å². The first-order chi connectivity index (χ1) is 14.5. The number of ether oxygens (including phenoxy) is 1. The van der Waals surface area contributed by atoms with E-state index < -0.39 is 0 Å². The van der Waals surface area contributed by atoms with Crippen LogP contribution in [-0.2, 0) is 4.74 Å². The molecule has 0 aromatic heterocycles. The minimum Gasteiger partial charge on any atom is -0.373 e. The summed E-state index contributed by atoms with van der Waals surface area (Å²) in [6.07, 6.45) is 4.33. The van der Waals surface area contributed by atoms with Crippen LogP contribution in [0.5, 0.6) is 0 Å². The van der Waals surface area contributed by atoms with Crippen molar-refractivity contribution in [3.63, 3.8) is 0 Å². The van der Waals surface area contributed by atoms with E-state index in [1.165, 1.54) is 37.2 Å². The Balaban J connectivity index is 1.51. The fourth-order valence-electron chi connectivity index (χ4n) is 4.53. The molecule has 3 atom stereocenters. The quantitative estimate of drug-likeness (QED) is 0.387. The summed E-state index contributed by atoms with van der Waals surface area (Å²) >= 11 is 0. The lowest BCUT2D eigenvalue weighted by molar-refractivity contribution is -0.0679. The lowest BCUT2D eigenvalue weighted by Gasteiger charge is -2.35. The summed E-state index contributed by atoms with van der Waals surface area (Å²) in [5.74, 6) is 0.903. The summed E-state index contributed by atoms with van der Waals surface area (Å²) in [6.45, 7) is 15.8. The zero-order valence-corrected chi connectivity index (χ0v) is 19.4. The zero-order valence-electron chi connectivity index (χ0n) is 19.4. The first-order valence-electron chi connectivity index (χ1n) is 11.8. The SMILES string of the molecule is CCNC(=NCCCN1CC(C)OC(C)C1)NC(C)c1cccc(N2CCCC2)c1. The number of benzene rings is 1. The summed E-state index contributed by atoms with van der Waals surface area (Å²) in [7, 11) is 0. The van der Waals surface area contributed by atoms with Crippen molar-refractivity contribution in [3.05, 3.63) is 29.8 Å². The van der Waals surface area contributed by atoms with Crippen molar-refractivity contribution in [2.45, 2.75) is 65.2 Å². The average molecular weight is 416 g/mol. The van der Waals surface area contributed by atoms with Gasteiger partial charge in [-0.3, -0.25) is 9.89 Å². The third-order valence-corrected chi connectivity index (χ3v) is 5.94. The minimum atomic E-state index is 0.214. The van der Waals surface area contributed by atoms with Crippen LogP contribution in [0, 0.1) is 0 Å². The highest BCUT2D eigenvalue weighted by Gasteiger charge is 2.21. The van der Waals surface area contributed by atoms with Crippen molar-refractivity contribution in [1.29, 1.82) is 0 Å². The van der Waals surface area contributed by atoms with Crippen LogP contribution < -0.4 is 15.5 Å². The number of hydrogen-bond acceptors (Lipinski definition) is 4. The molecule has 2 saturated heterocycles. The molecular formula is C24H41N5O. The Kier molecular flexibility index (Phi) is 8.82. The van der Waals surface area contributed by atoms with Crippen molar-refractivity contribution < 1.29 is 4.74 Å². The largest absolute Gasteiger partial charge is 0.373 e. The number of nitrogens with zero attached hydrogens (tertiary/aromatic N) is 3. The molecule has 2 N–H and O–H groups in total. The molecule has 1 aromatic carbocycles. The fraction of sp³-hybridized carbons (Fsp3) is 0.708. The molecule has 0 spiro atoms. The predicted molar refractivity (Wildman–Crippen MR) is 126 cm³/mol. The summed E-state index contributed by atoms with van der Waals surface area (Å²) in [4.78, 5) is 9.82. The van der Waals surface area contributed by atoms with Crippen LogP contribution in [0.3, 0.4) is 0 Å². The third kappa shape index (κ3) is 6.88. The van der Waals surface area contributed by atoms with Crippen LogP contribution in [0.1, 0.15) is 58.6 Å². The van der Waals surface area contributed by atoms with E-state index in [2.05, 4.69) is 72.4 Å². The molecule has 2 heterocycles. The molecule has 3 rings (SSSR count). The standard InChI is InChI=1S/C24H41N5O/c1-5-25-24(26-12-9-13-28-17-19(2)30-20(3)18-28)27-21(4)22-10-8-11-23(16-22)29-14-6-7-15-29/h8,10-11,16,19-21H,5-7,9,12-15,17-18H2,1-4H3,(H2,25,26,27). The van der Waals surface area contributed by atoms with Crippen molar-refractivity contribution in [2.75, 3.05) is 50.7 Å². The van der Waals surface area contributed by atoms with Gasteiger partial charge in [0.25, 0.3) is 0 Å². The van der Waals surface area contributed by atoms with Gasteiger partial charge in [0.05, 0.1) is 18.2 Å². The molecule has 1 aromatic rings. The number of nitrogens with one attached hydrogen (secondary N) is 2. The summed E-state index contributed by atoms with van der Waals surface area (Å²) < 4.78 is 5.83. The molecule has 2 aliphatic heterocycles. The van der Waals surface area contributed by atoms with Crippen LogP contribution in [-0.4, -0.2) is 68.9 Å². The van der Waals surface area contributed by atoms with E-state index in [0.29, 0.717) is 12.2 Å². The molecule has 6 nitrogen and oxygen atoms in total. The molecule has 0 aliphatic carbocycles. The van der Waals surface area contributed by atoms with Crippen molar-refractivity contribution >= 4 is 11.6 Å². The van der Waals surface area contributed by atoms with Crippen LogP contribution >= 0.6 is 0 Å². The molecule has 30 heavy (non-hydrogen) atoms. The topological polar surface area (TPSA) is 52.1 Å². The molecule has 0 saturated carbocycles. The lowest BCUT2D eigenvalue weighted by atomic mass is 10.1. The number of rotatable bonds is 8. The van der Waals surface area contributed by atoms with Crippen molar-refractivity contribution in [3.8, 4) is 0 Å². The highest BCUT2D eigenvalue weighted by atomic mass is 16.5. The number of aliphatic imine (C=N–C) groups is 1. The molecule has 0 bridgehead atoms. The number of guanidine groups is 1. The maximum absolute atomic E-state index is 5.83. The minimum absolute atomic E-state index is 0.214. The maximum atomic E-state index is 5.83. The fourth-order valence-corrected chi connectivity index (χ4v) is 4.53. The van der Waals surface area contributed by atoms with Crippen molar-refractivity contribution in [2.24, 2.45) is 4.99 Å². The number of hydrogen-bond donors (Lipinski definition) is 2. The molecule has 0 radical (unpaired) electrons. The number of anilines is 1. The van der Waals surface area contributed by atoms with E-state index in [0.717, 1.165) is 45.1 Å². The van der Waals surface area contributed by atoms with Gasteiger partial charge in [-0.1, -0.05) is 12.1 Å². The van der Waals surface area contributed by atoms with Crippen LogP contribution in [0.25, 0.3) is 0 Å². The Hall–Kier alpha value is -1.79. The van der Waals surface area contributed by atoms with Gasteiger partial charge < -0.3 is 20.3 Å². The van der Waals surface area contributed by atoms with Gasteiger partial charge in [0, 0.05) is 51.5 Å². The lowest BCUT2D eigenvalue weighted by Crippen LogP contribution is -2.45. The van der Waals surface area contributed by atoms with Gasteiger partial charge >= 0.3 is 0 Å². The van der Waals surface area contributed by atoms with E-state index in [9.17, 15) is 0 Å². The van der Waals surface area contributed by atoms with E-state index in [4.69, 9.17) is 9.73 Å². The van der Waals surface area contributed by atoms with Gasteiger partial charge in [0.1, 0.15) is 0 Å². The molecule has 0 amide bonds. The Morgan fingerprint density at radius 2 is 1.93 bits per heavy atom. The van der Waals surface area contributed by atoms with Crippen molar-refractivity contribution in [1.82, 2.24) is 15.5 Å². The smallest absolute Gasteiger partial charge is 0.191 e. The van der Waals surface area contributed by atoms with Crippen LogP contribution in [0.15, 0.2) is 29.3 Å². The van der Waals surface area contributed by atoms with Gasteiger partial charge in [0.15, 0.2) is 5.96 Å². The third-order valence-electron chi connectivity index (χ3n) is 5.94. The highest BCUT2D eigenvalue weighted by molar-refractivity contribution is 5.80. The van der Waals surface area contributed by atoms with E-state index in [1.54, 1.807) is 0 Å². The predicted octanol–water partition coefficient (Wildman–Crippen LogP) is 3.40. The molecule has 3 unspecified atom stereocenters. The maximum Gasteiger partial charge on any atom is 0.191 e.